The molecule has 1 amide bonds. The number of allylic oxidation sites excluding steroid dienone is 14. The smallest absolute Gasteiger partial charge is 0.306 e. The zero-order chi connectivity index (χ0) is 42.4. The van der Waals surface area contributed by atoms with Crippen molar-refractivity contribution in [2.24, 2.45) is 0 Å². The van der Waals surface area contributed by atoms with Crippen LogP contribution in [0.25, 0.3) is 0 Å². The Bertz CT molecular complexity index is 1130. The molecule has 58 heavy (non-hydrogen) atoms. The summed E-state index contributed by atoms with van der Waals surface area (Å²) in [6, 6.07) is -0.729. The molecular weight excluding hydrogens is 719 g/mol. The number of amides is 1. The highest BCUT2D eigenvalue weighted by Gasteiger charge is 2.24. The first-order chi connectivity index (χ1) is 28.5. The number of carbonyl (C=O) groups excluding carboxylic acids is 2. The summed E-state index contributed by atoms with van der Waals surface area (Å²) in [4.78, 5) is 26.0. The molecule has 3 atom stereocenters. The van der Waals surface area contributed by atoms with Crippen LogP contribution in [0.2, 0.25) is 0 Å². The number of unbranched alkanes of at least 4 members (excludes halogenated alkanes) is 19. The number of rotatable bonds is 41. The predicted octanol–water partition coefficient (Wildman–Crippen LogP) is 14.0. The maximum atomic E-state index is 13.1. The first-order valence-corrected chi connectivity index (χ1v) is 23.9. The van der Waals surface area contributed by atoms with Crippen molar-refractivity contribution >= 4 is 11.9 Å². The van der Waals surface area contributed by atoms with Crippen molar-refractivity contribution < 1.29 is 24.5 Å². The topological polar surface area (TPSA) is 95.9 Å². The van der Waals surface area contributed by atoms with Gasteiger partial charge in [-0.15, -0.1) is 0 Å². The van der Waals surface area contributed by atoms with Gasteiger partial charge in [0.15, 0.2) is 0 Å². The molecule has 0 fully saturated rings. The van der Waals surface area contributed by atoms with Crippen LogP contribution in [0, 0.1) is 0 Å². The number of hydrogen-bond donors (Lipinski definition) is 3. The lowest BCUT2D eigenvalue weighted by Crippen LogP contribution is -2.46. The molecule has 6 heteroatoms. The van der Waals surface area contributed by atoms with E-state index in [0.29, 0.717) is 19.3 Å². The second kappa shape index (κ2) is 45.1. The summed E-state index contributed by atoms with van der Waals surface area (Å²) < 4.78 is 5.86. The summed E-state index contributed by atoms with van der Waals surface area (Å²) >= 11 is 0. The van der Waals surface area contributed by atoms with Crippen molar-refractivity contribution in [1.29, 1.82) is 0 Å². The van der Waals surface area contributed by atoms with E-state index in [2.05, 4.69) is 68.6 Å². The summed E-state index contributed by atoms with van der Waals surface area (Å²) in [7, 11) is 0. The molecule has 0 saturated carbocycles. The third-order valence-corrected chi connectivity index (χ3v) is 10.3. The van der Waals surface area contributed by atoms with Gasteiger partial charge in [0.05, 0.1) is 25.2 Å². The van der Waals surface area contributed by atoms with Gasteiger partial charge in [-0.2, -0.15) is 0 Å². The summed E-state index contributed by atoms with van der Waals surface area (Å²) in [5.74, 6) is -0.605. The lowest BCUT2D eigenvalue weighted by molar-refractivity contribution is -0.150. The molecule has 0 aromatic rings. The van der Waals surface area contributed by atoms with Crippen molar-refractivity contribution in [3.05, 3.63) is 85.1 Å². The number of aliphatic hydroxyl groups is 2. The molecule has 0 aliphatic rings. The van der Waals surface area contributed by atoms with Crippen LogP contribution in [-0.2, 0) is 14.3 Å². The second-order valence-corrected chi connectivity index (χ2v) is 15.9. The van der Waals surface area contributed by atoms with E-state index < -0.39 is 18.2 Å². The van der Waals surface area contributed by atoms with Crippen LogP contribution < -0.4 is 5.32 Å². The molecule has 3 unspecified atom stereocenters. The van der Waals surface area contributed by atoms with E-state index in [1.165, 1.54) is 89.9 Å². The minimum atomic E-state index is -0.810. The van der Waals surface area contributed by atoms with Gasteiger partial charge in [-0.1, -0.05) is 215 Å². The molecule has 0 rings (SSSR count). The maximum Gasteiger partial charge on any atom is 0.306 e. The minimum Gasteiger partial charge on any atom is -0.462 e. The van der Waals surface area contributed by atoms with Crippen molar-refractivity contribution in [2.45, 2.75) is 225 Å². The van der Waals surface area contributed by atoms with Crippen LogP contribution in [0.4, 0.5) is 0 Å². The van der Waals surface area contributed by atoms with Crippen LogP contribution in [0.1, 0.15) is 207 Å². The van der Waals surface area contributed by atoms with Crippen molar-refractivity contribution in [3.63, 3.8) is 0 Å². The maximum absolute atomic E-state index is 13.1. The summed E-state index contributed by atoms with van der Waals surface area (Å²) in [5, 5.41) is 23.6. The summed E-state index contributed by atoms with van der Waals surface area (Å²) in [6.07, 6.45) is 57.9. The third-order valence-electron chi connectivity index (χ3n) is 10.3. The van der Waals surface area contributed by atoms with Crippen LogP contribution in [0.3, 0.4) is 0 Å². The van der Waals surface area contributed by atoms with Gasteiger partial charge < -0.3 is 20.3 Å². The van der Waals surface area contributed by atoms with E-state index in [-0.39, 0.29) is 31.3 Å². The Kier molecular flexibility index (Phi) is 42.8. The van der Waals surface area contributed by atoms with E-state index in [1.807, 2.05) is 42.5 Å². The molecular formula is C52H89NO5. The Hall–Kier alpha value is -2.96. The van der Waals surface area contributed by atoms with Crippen molar-refractivity contribution in [1.82, 2.24) is 5.32 Å². The van der Waals surface area contributed by atoms with Gasteiger partial charge >= 0.3 is 5.97 Å². The Morgan fingerprint density at radius 1 is 0.517 bits per heavy atom. The molecule has 3 N–H and O–H groups in total. The highest BCUT2D eigenvalue weighted by molar-refractivity contribution is 5.77. The zero-order valence-corrected chi connectivity index (χ0v) is 37.6. The molecule has 0 spiro atoms. The molecule has 0 radical (unpaired) electrons. The fourth-order valence-corrected chi connectivity index (χ4v) is 6.69. The quantitative estimate of drug-likeness (QED) is 0.0247. The SMILES string of the molecule is CCC/C=C/C=C/C=C/C=C/C=C/CCCCCC(CC(=O)NC(CO)C(O)CCCCCCCCCCCC)OC(=O)CC/C=C/C/C=C\CCCCCCCC. The van der Waals surface area contributed by atoms with Gasteiger partial charge in [0, 0.05) is 6.42 Å². The van der Waals surface area contributed by atoms with E-state index in [1.54, 1.807) is 0 Å². The first kappa shape index (κ1) is 55.0. The Labute approximate surface area is 357 Å². The molecule has 0 aromatic heterocycles. The van der Waals surface area contributed by atoms with E-state index >= 15 is 0 Å². The Morgan fingerprint density at radius 2 is 0.983 bits per heavy atom. The van der Waals surface area contributed by atoms with Crippen LogP contribution >= 0.6 is 0 Å². The monoisotopic (exact) mass is 808 g/mol. The highest BCUT2D eigenvalue weighted by Crippen LogP contribution is 2.16. The molecule has 0 bridgehead atoms. The van der Waals surface area contributed by atoms with Gasteiger partial charge in [0.25, 0.3) is 0 Å². The normalized spacial score (nSPS) is 14.1. The number of aliphatic hydroxyl groups excluding tert-OH is 2. The van der Waals surface area contributed by atoms with Gasteiger partial charge in [0.2, 0.25) is 5.91 Å². The largest absolute Gasteiger partial charge is 0.462 e. The number of hydrogen-bond acceptors (Lipinski definition) is 5. The molecule has 0 aromatic carbocycles. The van der Waals surface area contributed by atoms with Crippen LogP contribution in [0.5, 0.6) is 0 Å². The van der Waals surface area contributed by atoms with E-state index in [4.69, 9.17) is 4.74 Å². The van der Waals surface area contributed by atoms with Crippen LogP contribution in [0.15, 0.2) is 85.1 Å². The summed E-state index contributed by atoms with van der Waals surface area (Å²) in [5.41, 5.74) is 0. The van der Waals surface area contributed by atoms with Gasteiger partial charge in [0.1, 0.15) is 6.10 Å². The molecule has 6 nitrogen and oxygen atoms in total. The lowest BCUT2D eigenvalue weighted by Gasteiger charge is -2.24. The van der Waals surface area contributed by atoms with Crippen molar-refractivity contribution in [3.8, 4) is 0 Å². The molecule has 332 valence electrons. The molecule has 0 aliphatic heterocycles. The minimum absolute atomic E-state index is 0.0227. The third kappa shape index (κ3) is 39.8. The highest BCUT2D eigenvalue weighted by atomic mass is 16.5. The number of nitrogens with one attached hydrogen (secondary N) is 1. The second-order valence-electron chi connectivity index (χ2n) is 15.9. The van der Waals surface area contributed by atoms with Crippen LogP contribution in [-0.4, -0.2) is 46.9 Å². The number of ether oxygens (including phenoxy) is 1. The standard InChI is InChI=1S/C52H89NO5/c1-4-7-10-13-16-19-22-24-25-26-28-29-31-34-37-40-43-48(58-52(57)45-42-39-36-33-30-27-23-20-17-14-11-8-5-2)46-51(56)53-49(47-54)50(55)44-41-38-35-32-21-18-15-12-9-6-3/h10,13,16,19,22,24-30,36,39,48-50,54-55H,4-9,11-12,14-15,17-18,20-21,23,31-35,37-38,40-47H2,1-3H3,(H,53,56)/b13-10+,19-16+,24-22+,26-25+,29-28+,30-27-,39-36+. The van der Waals surface area contributed by atoms with E-state index in [0.717, 1.165) is 64.2 Å². The first-order valence-electron chi connectivity index (χ1n) is 23.9. The average molecular weight is 808 g/mol. The van der Waals surface area contributed by atoms with Gasteiger partial charge in [-0.05, 0) is 64.2 Å². The van der Waals surface area contributed by atoms with Gasteiger partial charge in [-0.25, -0.2) is 0 Å². The summed E-state index contributed by atoms with van der Waals surface area (Å²) in [6.45, 7) is 6.33. The predicted molar refractivity (Wildman–Crippen MR) is 250 cm³/mol. The molecule has 0 saturated heterocycles. The lowest BCUT2D eigenvalue weighted by atomic mass is 10.0. The fourth-order valence-electron chi connectivity index (χ4n) is 6.69. The Morgan fingerprint density at radius 3 is 1.55 bits per heavy atom. The molecule has 0 heterocycles. The van der Waals surface area contributed by atoms with Gasteiger partial charge in [-0.3, -0.25) is 9.59 Å². The number of carbonyl (C=O) groups is 2. The Balaban J connectivity index is 4.81. The fraction of sp³-hybridized carbons (Fsp3) is 0.692. The molecule has 0 aliphatic carbocycles. The zero-order valence-electron chi connectivity index (χ0n) is 37.6. The van der Waals surface area contributed by atoms with E-state index in [9.17, 15) is 19.8 Å². The number of esters is 1. The average Bonchev–Trinajstić information content (AvgIpc) is 3.22. The van der Waals surface area contributed by atoms with Crippen molar-refractivity contribution in [2.75, 3.05) is 6.61 Å².